The summed E-state index contributed by atoms with van der Waals surface area (Å²) in [5.74, 6) is 0. The number of hydroxylamine groups is 2. The van der Waals surface area contributed by atoms with Crippen molar-refractivity contribution in [3.63, 3.8) is 0 Å². The predicted molar refractivity (Wildman–Crippen MR) is 84.0 cm³/mol. The smallest absolute Gasteiger partial charge is 0.0691 e. The second-order valence-electron chi connectivity index (χ2n) is 7.39. The Morgan fingerprint density at radius 1 is 0.700 bits per heavy atom. The van der Waals surface area contributed by atoms with Crippen LogP contribution in [0, 0.1) is 13.8 Å². The molecule has 0 amide bonds. The summed E-state index contributed by atoms with van der Waals surface area (Å²) >= 11 is 0. The molecular weight excluding hydrogens is 252 g/mol. The van der Waals surface area contributed by atoms with Gasteiger partial charge in [-0.15, -0.1) is 0 Å². The Kier molecular flexibility index (Phi) is 4.42. The summed E-state index contributed by atoms with van der Waals surface area (Å²) in [7, 11) is 0. The molecule has 1 rings (SSSR count). The Hall–Kier alpha value is -1.26. The molecule has 0 atom stereocenters. The molecule has 4 heteroatoms. The van der Waals surface area contributed by atoms with E-state index in [9.17, 15) is 10.4 Å². The third-order valence-electron chi connectivity index (χ3n) is 3.24. The standard InChI is InChI=1S/C16H28N2O2/c1-11-9-12(2)14(18(20)16(6,7)8)10-13(11)17(19)15(3,4)5/h9-10,19-20H,1-8H3. The molecule has 0 radical (unpaired) electrons. The van der Waals surface area contributed by atoms with E-state index in [2.05, 4.69) is 0 Å². The number of anilines is 2. The molecule has 1 aromatic carbocycles. The Morgan fingerprint density at radius 3 is 1.25 bits per heavy atom. The van der Waals surface area contributed by atoms with Crippen LogP contribution in [0.4, 0.5) is 11.4 Å². The lowest BCUT2D eigenvalue weighted by molar-refractivity contribution is 0.176. The van der Waals surface area contributed by atoms with Crippen molar-refractivity contribution in [1.82, 2.24) is 0 Å². The third kappa shape index (κ3) is 3.44. The van der Waals surface area contributed by atoms with Crippen molar-refractivity contribution in [3.05, 3.63) is 23.3 Å². The van der Waals surface area contributed by atoms with Gasteiger partial charge in [0, 0.05) is 0 Å². The minimum atomic E-state index is -0.403. The first-order valence-corrected chi connectivity index (χ1v) is 6.95. The SMILES string of the molecule is Cc1cc(C)c(N(O)C(C)(C)C)cc1N(O)C(C)(C)C. The van der Waals surface area contributed by atoms with E-state index < -0.39 is 11.1 Å². The van der Waals surface area contributed by atoms with Crippen LogP contribution in [0.2, 0.25) is 0 Å². The van der Waals surface area contributed by atoms with Gasteiger partial charge >= 0.3 is 0 Å². The molecule has 0 spiro atoms. The van der Waals surface area contributed by atoms with Crippen LogP contribution in [-0.4, -0.2) is 21.5 Å². The first kappa shape index (κ1) is 16.8. The zero-order valence-electron chi connectivity index (χ0n) is 13.9. The highest BCUT2D eigenvalue weighted by molar-refractivity contribution is 5.66. The summed E-state index contributed by atoms with van der Waals surface area (Å²) in [6.45, 7) is 15.5. The normalized spacial score (nSPS) is 12.5. The Balaban J connectivity index is 3.37. The van der Waals surface area contributed by atoms with E-state index in [-0.39, 0.29) is 0 Å². The van der Waals surface area contributed by atoms with E-state index in [1.54, 1.807) is 0 Å². The average Bonchev–Trinajstić information content (AvgIpc) is 2.25. The van der Waals surface area contributed by atoms with E-state index in [1.807, 2.05) is 67.5 Å². The van der Waals surface area contributed by atoms with Gasteiger partial charge in [0.05, 0.1) is 22.5 Å². The second-order valence-corrected chi connectivity index (χ2v) is 7.39. The Labute approximate surface area is 122 Å². The van der Waals surface area contributed by atoms with Gasteiger partial charge in [0.25, 0.3) is 0 Å². The Bertz CT molecular complexity index is 443. The van der Waals surface area contributed by atoms with Crippen molar-refractivity contribution in [1.29, 1.82) is 0 Å². The minimum Gasteiger partial charge on any atom is -0.288 e. The lowest BCUT2D eigenvalue weighted by Gasteiger charge is -2.36. The number of nitrogens with zero attached hydrogens (tertiary/aromatic N) is 2. The molecule has 0 aromatic heterocycles. The molecule has 0 saturated carbocycles. The van der Waals surface area contributed by atoms with Crippen molar-refractivity contribution in [2.45, 2.75) is 66.5 Å². The maximum Gasteiger partial charge on any atom is 0.0691 e. The van der Waals surface area contributed by atoms with Crippen LogP contribution >= 0.6 is 0 Å². The van der Waals surface area contributed by atoms with E-state index >= 15 is 0 Å². The van der Waals surface area contributed by atoms with Gasteiger partial charge in [-0.25, -0.2) is 0 Å². The van der Waals surface area contributed by atoms with Gasteiger partial charge in [-0.05, 0) is 72.6 Å². The summed E-state index contributed by atoms with van der Waals surface area (Å²) < 4.78 is 0. The van der Waals surface area contributed by atoms with Crippen LogP contribution < -0.4 is 10.1 Å². The molecule has 0 aliphatic heterocycles. The van der Waals surface area contributed by atoms with Gasteiger partial charge < -0.3 is 0 Å². The number of benzene rings is 1. The first-order chi connectivity index (χ1) is 8.85. The molecule has 0 unspecified atom stereocenters. The van der Waals surface area contributed by atoms with E-state index in [0.29, 0.717) is 11.4 Å². The molecule has 2 N–H and O–H groups in total. The zero-order valence-corrected chi connectivity index (χ0v) is 13.9. The lowest BCUT2D eigenvalue weighted by atomic mass is 10.0. The highest BCUT2D eigenvalue weighted by Gasteiger charge is 2.26. The van der Waals surface area contributed by atoms with Crippen LogP contribution in [0.3, 0.4) is 0 Å². The second kappa shape index (κ2) is 5.26. The third-order valence-corrected chi connectivity index (χ3v) is 3.24. The molecule has 114 valence electrons. The van der Waals surface area contributed by atoms with Gasteiger partial charge in [0.15, 0.2) is 0 Å². The maximum atomic E-state index is 10.4. The fraction of sp³-hybridized carbons (Fsp3) is 0.625. The molecule has 0 aliphatic rings. The number of hydrogen-bond acceptors (Lipinski definition) is 4. The summed E-state index contributed by atoms with van der Waals surface area (Å²) in [6, 6.07) is 3.82. The summed E-state index contributed by atoms with van der Waals surface area (Å²) in [5, 5.41) is 23.2. The average molecular weight is 280 g/mol. The van der Waals surface area contributed by atoms with Crippen LogP contribution in [0.5, 0.6) is 0 Å². The van der Waals surface area contributed by atoms with Gasteiger partial charge in [-0.3, -0.25) is 20.5 Å². The van der Waals surface area contributed by atoms with Crippen LogP contribution in [0.15, 0.2) is 12.1 Å². The van der Waals surface area contributed by atoms with Crippen LogP contribution in [-0.2, 0) is 0 Å². The van der Waals surface area contributed by atoms with E-state index in [0.717, 1.165) is 11.1 Å². The monoisotopic (exact) mass is 280 g/mol. The summed E-state index contributed by atoms with van der Waals surface area (Å²) in [4.78, 5) is 0. The highest BCUT2D eigenvalue weighted by Crippen LogP contribution is 2.34. The van der Waals surface area contributed by atoms with Gasteiger partial charge in [-0.2, -0.15) is 0 Å². The van der Waals surface area contributed by atoms with Crippen molar-refractivity contribution < 1.29 is 10.4 Å². The largest absolute Gasteiger partial charge is 0.288 e. The summed E-state index contributed by atoms with van der Waals surface area (Å²) in [6.07, 6.45) is 0. The molecule has 4 nitrogen and oxygen atoms in total. The number of hydrogen-bond donors (Lipinski definition) is 2. The molecule has 0 heterocycles. The minimum absolute atomic E-state index is 0.403. The maximum absolute atomic E-state index is 10.4. The van der Waals surface area contributed by atoms with Gasteiger partial charge in [0.2, 0.25) is 0 Å². The number of aryl methyl sites for hydroxylation is 2. The van der Waals surface area contributed by atoms with Crippen molar-refractivity contribution in [2.24, 2.45) is 0 Å². The van der Waals surface area contributed by atoms with Crippen LogP contribution in [0.25, 0.3) is 0 Å². The molecule has 0 bridgehead atoms. The van der Waals surface area contributed by atoms with Gasteiger partial charge in [-0.1, -0.05) is 6.07 Å². The van der Waals surface area contributed by atoms with Crippen molar-refractivity contribution >= 4 is 11.4 Å². The fourth-order valence-electron chi connectivity index (χ4n) is 2.01. The predicted octanol–water partition coefficient (Wildman–Crippen LogP) is 4.29. The molecule has 20 heavy (non-hydrogen) atoms. The number of rotatable bonds is 2. The van der Waals surface area contributed by atoms with Crippen molar-refractivity contribution in [2.75, 3.05) is 10.1 Å². The van der Waals surface area contributed by atoms with Crippen LogP contribution in [0.1, 0.15) is 52.7 Å². The van der Waals surface area contributed by atoms with E-state index in [1.165, 1.54) is 10.1 Å². The molecule has 1 aromatic rings. The Morgan fingerprint density at radius 2 is 1.00 bits per heavy atom. The zero-order chi connectivity index (χ0) is 15.9. The topological polar surface area (TPSA) is 46.9 Å². The molecule has 0 aliphatic carbocycles. The molecule has 0 saturated heterocycles. The van der Waals surface area contributed by atoms with E-state index in [4.69, 9.17) is 0 Å². The molecule has 0 fully saturated rings. The summed E-state index contributed by atoms with van der Waals surface area (Å²) in [5.41, 5.74) is 2.57. The van der Waals surface area contributed by atoms with Gasteiger partial charge in [0.1, 0.15) is 0 Å². The first-order valence-electron chi connectivity index (χ1n) is 6.95. The lowest BCUT2D eigenvalue weighted by Crippen LogP contribution is -2.41. The van der Waals surface area contributed by atoms with Crippen molar-refractivity contribution in [3.8, 4) is 0 Å². The highest BCUT2D eigenvalue weighted by atomic mass is 16.5. The quantitative estimate of drug-likeness (QED) is 0.793. The fourth-order valence-corrected chi connectivity index (χ4v) is 2.01. The molecular formula is C16H28N2O2.